The highest BCUT2D eigenvalue weighted by Gasteiger charge is 2.58. The number of fused-ring (bicyclic) bond motifs is 1. The van der Waals surface area contributed by atoms with E-state index in [9.17, 15) is 18.0 Å². The van der Waals surface area contributed by atoms with Gasteiger partial charge in [-0.05, 0) is 50.6 Å². The van der Waals surface area contributed by atoms with Crippen LogP contribution >= 0.6 is 0 Å². The van der Waals surface area contributed by atoms with Gasteiger partial charge in [-0.1, -0.05) is 13.8 Å². The van der Waals surface area contributed by atoms with Gasteiger partial charge in [0.05, 0.1) is 24.3 Å². The summed E-state index contributed by atoms with van der Waals surface area (Å²) in [5.41, 5.74) is 1.36. The van der Waals surface area contributed by atoms with Gasteiger partial charge in [0.15, 0.2) is 5.69 Å². The number of rotatable bonds is 5. The van der Waals surface area contributed by atoms with Gasteiger partial charge in [0.25, 0.3) is 5.91 Å². The van der Waals surface area contributed by atoms with Crippen molar-refractivity contribution >= 4 is 21.8 Å². The zero-order chi connectivity index (χ0) is 22.5. The second kappa shape index (κ2) is 8.20. The normalized spacial score (nSPS) is 29.1. The summed E-state index contributed by atoms with van der Waals surface area (Å²) in [4.78, 5) is 28.4. The molecule has 1 unspecified atom stereocenters. The fraction of sp³-hybridized carbons (Fsp3) is 0.762. The van der Waals surface area contributed by atoms with Gasteiger partial charge in [-0.3, -0.25) is 14.3 Å². The Kier molecular flexibility index (Phi) is 5.89. The van der Waals surface area contributed by atoms with Crippen molar-refractivity contribution < 1.29 is 18.0 Å². The molecule has 4 atom stereocenters. The standard InChI is InChI=1S/C21H33N5O4S/c1-13(2)17-19-16(26(20(17)27)31(4,29)30)7-9-25(19)21(28)18-15(12-24(3)23-18)10-14-6-5-8-22-11-14/h12-14,16-17,19,22H,5-11H2,1-4H3/t14?,16-,17+,19-/m0/s1. The van der Waals surface area contributed by atoms with E-state index in [1.54, 1.807) is 9.58 Å². The molecular formula is C21H33N5O4S. The Bertz CT molecular complexity index is 966. The number of carbonyl (C=O) groups is 2. The lowest BCUT2D eigenvalue weighted by Crippen LogP contribution is -2.44. The number of amides is 2. The minimum atomic E-state index is -3.69. The van der Waals surface area contributed by atoms with Crippen molar-refractivity contribution in [3.63, 3.8) is 0 Å². The molecule has 3 fully saturated rings. The molecule has 0 aliphatic carbocycles. The number of likely N-dealkylation sites (tertiary alicyclic amines) is 1. The number of sulfonamides is 1. The van der Waals surface area contributed by atoms with Crippen LogP contribution in [0.4, 0.5) is 0 Å². The topological polar surface area (TPSA) is 105 Å². The second-order valence-corrected chi connectivity index (χ2v) is 11.5. The molecule has 4 rings (SSSR count). The van der Waals surface area contributed by atoms with Crippen LogP contribution in [0, 0.1) is 17.8 Å². The van der Waals surface area contributed by atoms with Gasteiger partial charge in [-0.2, -0.15) is 5.10 Å². The maximum atomic E-state index is 13.7. The molecular weight excluding hydrogens is 418 g/mol. The van der Waals surface area contributed by atoms with Crippen LogP contribution < -0.4 is 5.32 Å². The van der Waals surface area contributed by atoms with Crippen molar-refractivity contribution in [1.29, 1.82) is 0 Å². The summed E-state index contributed by atoms with van der Waals surface area (Å²) in [5, 5.41) is 7.90. The summed E-state index contributed by atoms with van der Waals surface area (Å²) in [5.74, 6) is -0.717. The monoisotopic (exact) mass is 451 g/mol. The zero-order valence-corrected chi connectivity index (χ0v) is 19.6. The minimum Gasteiger partial charge on any atom is -0.331 e. The van der Waals surface area contributed by atoms with Crippen molar-refractivity contribution in [3.05, 3.63) is 17.5 Å². The van der Waals surface area contributed by atoms with Crippen LogP contribution in [0.15, 0.2) is 6.20 Å². The lowest BCUT2D eigenvalue weighted by molar-refractivity contribution is -0.129. The molecule has 0 spiro atoms. The SMILES string of the molecule is CC(C)[C@H]1C(=O)N(S(C)(=O)=O)[C@H]2CCN(C(=O)c3nn(C)cc3CC3CCCNC3)[C@H]12. The average Bonchev–Trinajstić information content (AvgIpc) is 3.33. The molecule has 1 N–H and O–H groups in total. The lowest BCUT2D eigenvalue weighted by Gasteiger charge is -2.29. The van der Waals surface area contributed by atoms with Crippen molar-refractivity contribution in [2.24, 2.45) is 24.8 Å². The number of aromatic nitrogens is 2. The molecule has 4 heterocycles. The Morgan fingerprint density at radius 3 is 2.68 bits per heavy atom. The highest BCUT2D eigenvalue weighted by atomic mass is 32.2. The van der Waals surface area contributed by atoms with Crippen molar-refractivity contribution in [2.75, 3.05) is 25.9 Å². The quantitative estimate of drug-likeness (QED) is 0.704. The summed E-state index contributed by atoms with van der Waals surface area (Å²) >= 11 is 0. The number of nitrogens with one attached hydrogen (secondary N) is 1. The number of nitrogens with zero attached hydrogens (tertiary/aromatic N) is 4. The first kappa shape index (κ1) is 22.3. The van der Waals surface area contributed by atoms with Crippen LogP contribution in [0.25, 0.3) is 0 Å². The molecule has 0 bridgehead atoms. The molecule has 10 heteroatoms. The molecule has 1 aromatic rings. The van der Waals surface area contributed by atoms with Gasteiger partial charge in [0, 0.05) is 25.4 Å². The average molecular weight is 452 g/mol. The molecule has 0 radical (unpaired) electrons. The number of aryl methyl sites for hydroxylation is 1. The molecule has 1 aromatic heterocycles. The van der Waals surface area contributed by atoms with Gasteiger partial charge in [0.1, 0.15) is 0 Å². The number of hydrogen-bond acceptors (Lipinski definition) is 6. The molecule has 3 aliphatic rings. The maximum absolute atomic E-state index is 13.7. The molecule has 0 aromatic carbocycles. The Morgan fingerprint density at radius 1 is 1.32 bits per heavy atom. The Balaban J connectivity index is 1.63. The highest BCUT2D eigenvalue weighted by Crippen LogP contribution is 2.41. The minimum absolute atomic E-state index is 0.0725. The fourth-order valence-electron chi connectivity index (χ4n) is 5.68. The van der Waals surface area contributed by atoms with Crippen LogP contribution in [0.5, 0.6) is 0 Å². The highest BCUT2D eigenvalue weighted by molar-refractivity contribution is 7.88. The van der Waals surface area contributed by atoms with E-state index in [-0.39, 0.29) is 17.7 Å². The molecule has 3 saturated heterocycles. The molecule has 3 aliphatic heterocycles. The first-order valence-electron chi connectivity index (χ1n) is 11.2. The molecule has 172 valence electrons. The Morgan fingerprint density at radius 2 is 2.06 bits per heavy atom. The number of hydrogen-bond donors (Lipinski definition) is 1. The van der Waals surface area contributed by atoms with E-state index in [1.165, 1.54) is 0 Å². The molecule has 9 nitrogen and oxygen atoms in total. The van der Waals surface area contributed by atoms with Crippen LogP contribution in [-0.4, -0.2) is 77.2 Å². The van der Waals surface area contributed by atoms with Gasteiger partial charge < -0.3 is 10.2 Å². The van der Waals surface area contributed by atoms with Crippen LogP contribution in [0.1, 0.15) is 49.2 Å². The zero-order valence-electron chi connectivity index (χ0n) is 18.7. The smallest absolute Gasteiger partial charge is 0.274 e. The largest absolute Gasteiger partial charge is 0.331 e. The Labute approximate surface area is 184 Å². The van der Waals surface area contributed by atoms with Crippen LogP contribution in [0.2, 0.25) is 0 Å². The van der Waals surface area contributed by atoms with Crippen LogP contribution in [0.3, 0.4) is 0 Å². The lowest BCUT2D eigenvalue weighted by atomic mass is 9.88. The third-order valence-corrected chi connectivity index (χ3v) is 8.11. The molecule has 2 amide bonds. The summed E-state index contributed by atoms with van der Waals surface area (Å²) < 4.78 is 27.4. The van der Waals surface area contributed by atoms with E-state index in [0.717, 1.165) is 48.5 Å². The van der Waals surface area contributed by atoms with Crippen LogP contribution in [-0.2, 0) is 28.3 Å². The van der Waals surface area contributed by atoms with Gasteiger partial charge in [0.2, 0.25) is 15.9 Å². The van der Waals surface area contributed by atoms with Crippen molar-refractivity contribution in [1.82, 2.24) is 24.3 Å². The van der Waals surface area contributed by atoms with E-state index >= 15 is 0 Å². The van der Waals surface area contributed by atoms with Gasteiger partial charge >= 0.3 is 0 Å². The van der Waals surface area contributed by atoms with Gasteiger partial charge in [-0.25, -0.2) is 12.7 Å². The van der Waals surface area contributed by atoms with Gasteiger partial charge in [-0.15, -0.1) is 0 Å². The van der Waals surface area contributed by atoms with E-state index in [2.05, 4.69) is 10.4 Å². The Hall–Kier alpha value is -1.94. The summed E-state index contributed by atoms with van der Waals surface area (Å²) in [6.07, 6.45) is 6.49. The predicted molar refractivity (Wildman–Crippen MR) is 116 cm³/mol. The first-order chi connectivity index (χ1) is 14.6. The van der Waals surface area contributed by atoms with E-state index in [4.69, 9.17) is 0 Å². The van der Waals surface area contributed by atoms with E-state index in [1.807, 2.05) is 27.1 Å². The molecule has 31 heavy (non-hydrogen) atoms. The van der Waals surface area contributed by atoms with E-state index in [0.29, 0.717) is 24.6 Å². The number of piperidine rings is 1. The van der Waals surface area contributed by atoms with Crippen molar-refractivity contribution in [3.8, 4) is 0 Å². The summed E-state index contributed by atoms with van der Waals surface area (Å²) in [6, 6.07) is -0.936. The van der Waals surface area contributed by atoms with E-state index < -0.39 is 28.0 Å². The van der Waals surface area contributed by atoms with Crippen molar-refractivity contribution in [2.45, 2.75) is 51.6 Å². The first-order valence-corrected chi connectivity index (χ1v) is 13.0. The summed E-state index contributed by atoms with van der Waals surface area (Å²) in [7, 11) is -1.88. The predicted octanol–water partition coefficient (Wildman–Crippen LogP) is 0.619. The third kappa shape index (κ3) is 4.00. The maximum Gasteiger partial charge on any atom is 0.274 e. The third-order valence-electron chi connectivity index (χ3n) is 6.94. The number of carbonyl (C=O) groups excluding carboxylic acids is 2. The fourth-order valence-corrected chi connectivity index (χ4v) is 6.85. The second-order valence-electron chi connectivity index (χ2n) is 9.61. The summed E-state index contributed by atoms with van der Waals surface area (Å²) in [6.45, 7) is 6.22. The molecule has 0 saturated carbocycles.